The van der Waals surface area contributed by atoms with E-state index in [1.165, 1.54) is 25.8 Å². The smallest absolute Gasteiger partial charge is 0.145 e. The zero-order chi connectivity index (χ0) is 13.0. The molecule has 0 radical (unpaired) electrons. The molecule has 18 heavy (non-hydrogen) atoms. The van der Waals surface area contributed by atoms with Gasteiger partial charge in [-0.15, -0.1) is 0 Å². The molecule has 0 aliphatic carbocycles. The highest BCUT2D eigenvalue weighted by atomic mass is 15.3. The van der Waals surface area contributed by atoms with Crippen molar-refractivity contribution >= 4 is 5.82 Å². The van der Waals surface area contributed by atoms with Crippen LogP contribution in [0.2, 0.25) is 0 Å². The number of nitrogens with two attached hydrogens (primary N) is 1. The number of hydrazine groups is 1. The van der Waals surface area contributed by atoms with Crippen molar-refractivity contribution < 1.29 is 0 Å². The summed E-state index contributed by atoms with van der Waals surface area (Å²) in [5.41, 5.74) is 3.55. The van der Waals surface area contributed by atoms with Crippen LogP contribution in [0.25, 0.3) is 0 Å². The van der Waals surface area contributed by atoms with Gasteiger partial charge in [0, 0.05) is 18.3 Å². The number of hydrogen-bond donors (Lipinski definition) is 2. The molecular weight excluding hydrogens is 226 g/mol. The fourth-order valence-corrected chi connectivity index (χ4v) is 2.60. The van der Waals surface area contributed by atoms with Gasteiger partial charge >= 0.3 is 0 Å². The molecule has 0 amide bonds. The summed E-state index contributed by atoms with van der Waals surface area (Å²) in [4.78, 5) is 11.3. The highest BCUT2D eigenvalue weighted by molar-refractivity contribution is 5.33. The molecule has 5 heteroatoms. The number of nitrogen functional groups attached to an aromatic ring is 1. The Kier molecular flexibility index (Phi) is 4.49. The number of aromatic nitrogens is 2. The van der Waals surface area contributed by atoms with Crippen LogP contribution in [0.5, 0.6) is 0 Å². The lowest BCUT2D eigenvalue weighted by Crippen LogP contribution is -2.35. The molecule has 0 saturated carbocycles. The van der Waals surface area contributed by atoms with Crippen LogP contribution in [0.15, 0.2) is 6.07 Å². The number of anilines is 1. The van der Waals surface area contributed by atoms with Crippen LogP contribution in [0.3, 0.4) is 0 Å². The normalized spacial score (nSPS) is 20.9. The number of rotatable bonds is 4. The summed E-state index contributed by atoms with van der Waals surface area (Å²) in [5.74, 6) is 7.80. The van der Waals surface area contributed by atoms with Gasteiger partial charge in [-0.05, 0) is 32.2 Å². The van der Waals surface area contributed by atoms with E-state index in [0.29, 0.717) is 5.82 Å². The highest BCUT2D eigenvalue weighted by Gasteiger charge is 2.19. The monoisotopic (exact) mass is 249 g/mol. The van der Waals surface area contributed by atoms with E-state index in [0.717, 1.165) is 30.5 Å². The van der Waals surface area contributed by atoms with E-state index >= 15 is 0 Å². The van der Waals surface area contributed by atoms with E-state index in [2.05, 4.69) is 27.2 Å². The summed E-state index contributed by atoms with van der Waals surface area (Å²) in [6.45, 7) is 7.39. The predicted molar refractivity (Wildman–Crippen MR) is 72.9 cm³/mol. The summed E-state index contributed by atoms with van der Waals surface area (Å²) in [6, 6.07) is 1.86. The zero-order valence-corrected chi connectivity index (χ0v) is 11.3. The number of hydrogen-bond acceptors (Lipinski definition) is 5. The first kappa shape index (κ1) is 13.2. The maximum atomic E-state index is 5.41. The van der Waals surface area contributed by atoms with E-state index < -0.39 is 0 Å². The van der Waals surface area contributed by atoms with Crippen molar-refractivity contribution in [3.63, 3.8) is 0 Å². The van der Waals surface area contributed by atoms with E-state index in [1.807, 2.05) is 13.0 Å². The van der Waals surface area contributed by atoms with Crippen LogP contribution < -0.4 is 11.3 Å². The van der Waals surface area contributed by atoms with E-state index in [4.69, 9.17) is 5.84 Å². The third-order valence-corrected chi connectivity index (χ3v) is 3.59. The Bertz CT molecular complexity index is 393. The minimum atomic E-state index is 0.696. The Morgan fingerprint density at radius 3 is 3.06 bits per heavy atom. The molecule has 100 valence electrons. The second kappa shape index (κ2) is 6.11. The molecule has 0 aromatic carbocycles. The van der Waals surface area contributed by atoms with Crippen LogP contribution in [0, 0.1) is 12.8 Å². The van der Waals surface area contributed by atoms with Crippen LogP contribution in [0.4, 0.5) is 5.82 Å². The molecule has 2 heterocycles. The number of aryl methyl sites for hydroxylation is 1. The maximum absolute atomic E-state index is 5.41. The van der Waals surface area contributed by atoms with Crippen LogP contribution in [-0.2, 0) is 6.54 Å². The molecule has 1 fully saturated rings. The topological polar surface area (TPSA) is 67.1 Å². The van der Waals surface area contributed by atoms with Crippen molar-refractivity contribution in [3.8, 4) is 0 Å². The number of nitrogens with zero attached hydrogens (tertiary/aromatic N) is 3. The molecule has 1 aliphatic rings. The minimum absolute atomic E-state index is 0.696. The quantitative estimate of drug-likeness (QED) is 0.628. The zero-order valence-electron chi connectivity index (χ0n) is 11.3. The van der Waals surface area contributed by atoms with Crippen molar-refractivity contribution in [3.05, 3.63) is 17.6 Å². The van der Waals surface area contributed by atoms with Crippen LogP contribution in [0.1, 0.15) is 37.7 Å². The van der Waals surface area contributed by atoms with Crippen molar-refractivity contribution in [1.29, 1.82) is 0 Å². The molecule has 3 N–H and O–H groups in total. The molecule has 1 aromatic heterocycles. The van der Waals surface area contributed by atoms with Crippen LogP contribution in [-0.4, -0.2) is 28.0 Å². The fourth-order valence-electron chi connectivity index (χ4n) is 2.60. The van der Waals surface area contributed by atoms with E-state index in [1.54, 1.807) is 0 Å². The Balaban J connectivity index is 2.02. The standard InChI is InChI=1S/C13H23N5/c1-3-11-5-4-6-18(8-11)9-13-15-10(2)7-12(16-13)17-14/h7,11H,3-6,8-9,14H2,1-2H3,(H,15,16,17). The lowest BCUT2D eigenvalue weighted by Gasteiger charge is -2.31. The van der Waals surface area contributed by atoms with Crippen molar-refractivity contribution in [2.45, 2.75) is 39.7 Å². The average Bonchev–Trinajstić information content (AvgIpc) is 2.38. The molecule has 1 aromatic rings. The molecule has 2 rings (SSSR count). The van der Waals surface area contributed by atoms with Gasteiger partial charge in [-0.25, -0.2) is 15.8 Å². The van der Waals surface area contributed by atoms with Gasteiger partial charge < -0.3 is 5.43 Å². The Morgan fingerprint density at radius 2 is 2.33 bits per heavy atom. The summed E-state index contributed by atoms with van der Waals surface area (Å²) in [7, 11) is 0. The number of piperidine rings is 1. The first-order valence-corrected chi connectivity index (χ1v) is 6.74. The number of likely N-dealkylation sites (tertiary alicyclic amines) is 1. The Hall–Kier alpha value is -1.20. The minimum Gasteiger partial charge on any atom is -0.308 e. The molecule has 1 aliphatic heterocycles. The summed E-state index contributed by atoms with van der Waals surface area (Å²) >= 11 is 0. The second-order valence-electron chi connectivity index (χ2n) is 5.11. The van der Waals surface area contributed by atoms with Gasteiger partial charge in [0.05, 0.1) is 6.54 Å². The van der Waals surface area contributed by atoms with Crippen molar-refractivity contribution in [2.24, 2.45) is 11.8 Å². The summed E-state index contributed by atoms with van der Waals surface area (Å²) < 4.78 is 0. The molecule has 0 bridgehead atoms. The maximum Gasteiger partial charge on any atom is 0.145 e. The van der Waals surface area contributed by atoms with Crippen LogP contribution >= 0.6 is 0 Å². The van der Waals surface area contributed by atoms with Gasteiger partial charge in [-0.1, -0.05) is 13.3 Å². The largest absolute Gasteiger partial charge is 0.308 e. The molecule has 0 spiro atoms. The summed E-state index contributed by atoms with van der Waals surface area (Å²) in [5, 5.41) is 0. The molecule has 1 unspecified atom stereocenters. The van der Waals surface area contributed by atoms with E-state index in [9.17, 15) is 0 Å². The van der Waals surface area contributed by atoms with Gasteiger partial charge in [0.2, 0.25) is 0 Å². The second-order valence-corrected chi connectivity index (χ2v) is 5.11. The first-order valence-electron chi connectivity index (χ1n) is 6.74. The van der Waals surface area contributed by atoms with Gasteiger partial charge in [0.15, 0.2) is 0 Å². The third kappa shape index (κ3) is 3.40. The molecule has 1 atom stereocenters. The predicted octanol–water partition coefficient (Wildman–Crippen LogP) is 1.69. The third-order valence-electron chi connectivity index (χ3n) is 3.59. The SMILES string of the molecule is CCC1CCCN(Cc2nc(C)cc(NN)n2)C1. The van der Waals surface area contributed by atoms with Gasteiger partial charge in [0.1, 0.15) is 11.6 Å². The molecule has 5 nitrogen and oxygen atoms in total. The van der Waals surface area contributed by atoms with Crippen molar-refractivity contribution in [2.75, 3.05) is 18.5 Å². The first-order chi connectivity index (χ1) is 8.71. The van der Waals surface area contributed by atoms with Gasteiger partial charge in [-0.2, -0.15) is 0 Å². The Labute approximate surface area is 109 Å². The summed E-state index contributed by atoms with van der Waals surface area (Å²) in [6.07, 6.45) is 3.91. The lowest BCUT2D eigenvalue weighted by molar-refractivity contribution is 0.161. The van der Waals surface area contributed by atoms with Gasteiger partial charge in [-0.3, -0.25) is 4.90 Å². The Morgan fingerprint density at radius 1 is 1.50 bits per heavy atom. The molecular formula is C13H23N5. The van der Waals surface area contributed by atoms with Crippen molar-refractivity contribution in [1.82, 2.24) is 14.9 Å². The van der Waals surface area contributed by atoms with E-state index in [-0.39, 0.29) is 0 Å². The lowest BCUT2D eigenvalue weighted by atomic mass is 9.96. The number of nitrogens with one attached hydrogen (secondary N) is 1. The fraction of sp³-hybridized carbons (Fsp3) is 0.692. The van der Waals surface area contributed by atoms with Gasteiger partial charge in [0.25, 0.3) is 0 Å². The highest BCUT2D eigenvalue weighted by Crippen LogP contribution is 2.20. The average molecular weight is 249 g/mol. The molecule has 1 saturated heterocycles.